The number of carbonyl (C=O) groups excluding carboxylic acids is 1. The lowest BCUT2D eigenvalue weighted by Gasteiger charge is -2.13. The van der Waals surface area contributed by atoms with E-state index in [-0.39, 0.29) is 24.4 Å². The van der Waals surface area contributed by atoms with Gasteiger partial charge in [-0.15, -0.1) is 12.4 Å². The minimum atomic E-state index is -0.423. The number of halogens is 1. The van der Waals surface area contributed by atoms with Crippen LogP contribution in [0.5, 0.6) is 0 Å². The molecule has 1 fully saturated rings. The molecular formula is C16H21ClN4O2. The average Bonchev–Trinajstić information content (AvgIpc) is 3.18. The molecule has 0 spiro atoms. The number of hydrogen-bond acceptors (Lipinski definition) is 4. The molecule has 6 nitrogen and oxygen atoms in total. The van der Waals surface area contributed by atoms with Crippen LogP contribution in [0.3, 0.4) is 0 Å². The van der Waals surface area contributed by atoms with E-state index in [4.69, 9.17) is 10.5 Å². The fraction of sp³-hybridized carbons (Fsp3) is 0.375. The fourth-order valence-corrected chi connectivity index (χ4v) is 2.60. The first kappa shape index (κ1) is 17.5. The van der Waals surface area contributed by atoms with Crippen molar-refractivity contribution in [2.24, 2.45) is 5.73 Å². The van der Waals surface area contributed by atoms with Crippen LogP contribution in [0.25, 0.3) is 0 Å². The van der Waals surface area contributed by atoms with Gasteiger partial charge in [-0.25, -0.2) is 4.68 Å². The topological polar surface area (TPSA) is 82.2 Å². The van der Waals surface area contributed by atoms with Crippen LogP contribution in [-0.4, -0.2) is 34.4 Å². The molecule has 0 unspecified atom stereocenters. The van der Waals surface area contributed by atoms with Crippen molar-refractivity contribution in [1.29, 1.82) is 0 Å². The van der Waals surface area contributed by atoms with E-state index in [2.05, 4.69) is 10.4 Å². The lowest BCUT2D eigenvalue weighted by Crippen LogP contribution is -2.30. The molecule has 0 bridgehead atoms. The molecule has 2 heterocycles. The quantitative estimate of drug-likeness (QED) is 0.872. The first-order valence-electron chi connectivity index (χ1n) is 7.48. The molecule has 2 atom stereocenters. The Labute approximate surface area is 141 Å². The number of hydrogen-bond donors (Lipinski definition) is 2. The van der Waals surface area contributed by atoms with Crippen LogP contribution in [0, 0.1) is 0 Å². The molecule has 1 aliphatic heterocycles. The number of anilines is 1. The average molecular weight is 337 g/mol. The SMILES string of the molecule is Cl.NC[C@H]1CC[C@@H](C(=O)Nc2ccnn2Cc2ccccc2)O1. The van der Waals surface area contributed by atoms with Gasteiger partial charge < -0.3 is 15.8 Å². The van der Waals surface area contributed by atoms with Crippen molar-refractivity contribution in [3.8, 4) is 0 Å². The number of amides is 1. The monoisotopic (exact) mass is 336 g/mol. The van der Waals surface area contributed by atoms with E-state index in [1.165, 1.54) is 0 Å². The normalized spacial score (nSPS) is 20.0. The van der Waals surface area contributed by atoms with E-state index in [1.807, 2.05) is 30.3 Å². The van der Waals surface area contributed by atoms with Gasteiger partial charge in [-0.3, -0.25) is 4.79 Å². The molecule has 0 aliphatic carbocycles. The van der Waals surface area contributed by atoms with Gasteiger partial charge in [0.15, 0.2) is 0 Å². The zero-order valence-electron chi connectivity index (χ0n) is 12.7. The number of nitrogens with zero attached hydrogens (tertiary/aromatic N) is 2. The van der Waals surface area contributed by atoms with Crippen LogP contribution in [0.4, 0.5) is 5.82 Å². The Kier molecular flexibility index (Phi) is 6.15. The third kappa shape index (κ3) is 4.31. The van der Waals surface area contributed by atoms with Gasteiger partial charge in [0.1, 0.15) is 11.9 Å². The first-order valence-corrected chi connectivity index (χ1v) is 7.48. The molecule has 3 N–H and O–H groups in total. The zero-order chi connectivity index (χ0) is 15.4. The third-order valence-corrected chi connectivity index (χ3v) is 3.81. The lowest BCUT2D eigenvalue weighted by atomic mass is 10.2. The number of nitrogens with two attached hydrogens (primary N) is 1. The Morgan fingerprint density at radius 3 is 2.78 bits per heavy atom. The number of nitrogens with one attached hydrogen (secondary N) is 1. The van der Waals surface area contributed by atoms with E-state index in [0.717, 1.165) is 12.0 Å². The summed E-state index contributed by atoms with van der Waals surface area (Å²) < 4.78 is 7.38. The predicted octanol–water partition coefficient (Wildman–Crippen LogP) is 1.80. The van der Waals surface area contributed by atoms with Crippen LogP contribution < -0.4 is 11.1 Å². The number of rotatable bonds is 5. The van der Waals surface area contributed by atoms with E-state index in [1.54, 1.807) is 16.9 Å². The van der Waals surface area contributed by atoms with Crippen molar-refractivity contribution in [3.63, 3.8) is 0 Å². The van der Waals surface area contributed by atoms with Gasteiger partial charge in [-0.05, 0) is 18.4 Å². The highest BCUT2D eigenvalue weighted by atomic mass is 35.5. The first-order chi connectivity index (χ1) is 10.8. The Morgan fingerprint density at radius 2 is 2.09 bits per heavy atom. The van der Waals surface area contributed by atoms with E-state index >= 15 is 0 Å². The minimum Gasteiger partial charge on any atom is -0.364 e. The Morgan fingerprint density at radius 1 is 1.30 bits per heavy atom. The maximum atomic E-state index is 12.3. The number of ether oxygens (including phenoxy) is 1. The van der Waals surface area contributed by atoms with Gasteiger partial charge in [0, 0.05) is 12.6 Å². The minimum absolute atomic E-state index is 0. The Bertz CT molecular complexity index is 632. The number of aromatic nitrogens is 2. The van der Waals surface area contributed by atoms with Gasteiger partial charge in [-0.1, -0.05) is 30.3 Å². The highest BCUT2D eigenvalue weighted by Gasteiger charge is 2.30. The summed E-state index contributed by atoms with van der Waals surface area (Å²) in [5, 5.41) is 7.16. The Balaban J connectivity index is 0.00000192. The molecule has 0 radical (unpaired) electrons. The second-order valence-electron chi connectivity index (χ2n) is 5.41. The molecule has 1 aliphatic rings. The highest BCUT2D eigenvalue weighted by molar-refractivity contribution is 5.93. The molecule has 3 rings (SSSR count). The van der Waals surface area contributed by atoms with Crippen molar-refractivity contribution in [1.82, 2.24) is 9.78 Å². The molecule has 23 heavy (non-hydrogen) atoms. The van der Waals surface area contributed by atoms with Gasteiger partial charge in [0.2, 0.25) is 0 Å². The molecule has 1 amide bonds. The fourth-order valence-electron chi connectivity index (χ4n) is 2.60. The molecular weight excluding hydrogens is 316 g/mol. The highest BCUT2D eigenvalue weighted by Crippen LogP contribution is 2.20. The van der Waals surface area contributed by atoms with Gasteiger partial charge in [0.05, 0.1) is 18.8 Å². The summed E-state index contributed by atoms with van der Waals surface area (Å²) in [6.07, 6.45) is 2.79. The maximum absolute atomic E-state index is 12.3. The summed E-state index contributed by atoms with van der Waals surface area (Å²) in [6.45, 7) is 1.07. The lowest BCUT2D eigenvalue weighted by molar-refractivity contribution is -0.126. The molecule has 124 valence electrons. The van der Waals surface area contributed by atoms with E-state index in [0.29, 0.717) is 25.3 Å². The summed E-state index contributed by atoms with van der Waals surface area (Å²) >= 11 is 0. The predicted molar refractivity (Wildman–Crippen MR) is 90.6 cm³/mol. The van der Waals surface area contributed by atoms with Crippen molar-refractivity contribution in [3.05, 3.63) is 48.2 Å². The second kappa shape index (κ2) is 8.10. The molecule has 1 aromatic carbocycles. The number of benzene rings is 1. The molecule has 7 heteroatoms. The second-order valence-corrected chi connectivity index (χ2v) is 5.41. The van der Waals surface area contributed by atoms with Crippen LogP contribution in [-0.2, 0) is 16.1 Å². The Hall–Kier alpha value is -1.89. The molecule has 1 aromatic heterocycles. The van der Waals surface area contributed by atoms with Gasteiger partial charge in [-0.2, -0.15) is 5.10 Å². The third-order valence-electron chi connectivity index (χ3n) is 3.81. The number of carbonyl (C=O) groups is 1. The van der Waals surface area contributed by atoms with Crippen molar-refractivity contribution >= 4 is 24.1 Å². The maximum Gasteiger partial charge on any atom is 0.254 e. The van der Waals surface area contributed by atoms with E-state index in [9.17, 15) is 4.79 Å². The van der Waals surface area contributed by atoms with Crippen molar-refractivity contribution in [2.75, 3.05) is 11.9 Å². The van der Waals surface area contributed by atoms with Crippen LogP contribution >= 0.6 is 12.4 Å². The summed E-state index contributed by atoms with van der Waals surface area (Å²) in [4.78, 5) is 12.3. The summed E-state index contributed by atoms with van der Waals surface area (Å²) in [6, 6.07) is 11.8. The van der Waals surface area contributed by atoms with Crippen LogP contribution in [0.2, 0.25) is 0 Å². The van der Waals surface area contributed by atoms with Gasteiger partial charge in [0.25, 0.3) is 5.91 Å². The zero-order valence-corrected chi connectivity index (χ0v) is 13.5. The van der Waals surface area contributed by atoms with Gasteiger partial charge >= 0.3 is 0 Å². The van der Waals surface area contributed by atoms with Crippen LogP contribution in [0.1, 0.15) is 18.4 Å². The van der Waals surface area contributed by atoms with Crippen molar-refractivity contribution < 1.29 is 9.53 Å². The largest absolute Gasteiger partial charge is 0.364 e. The summed E-state index contributed by atoms with van der Waals surface area (Å²) in [7, 11) is 0. The standard InChI is InChI=1S/C16H20N4O2.ClH/c17-10-13-6-7-14(22-13)16(21)19-15-8-9-18-20(15)11-12-4-2-1-3-5-12;/h1-5,8-9,13-14H,6-7,10-11,17H2,(H,19,21);1H/t13-,14+;/m1./s1. The molecule has 0 saturated carbocycles. The van der Waals surface area contributed by atoms with Crippen molar-refractivity contribution in [2.45, 2.75) is 31.6 Å². The molecule has 1 saturated heterocycles. The van der Waals surface area contributed by atoms with Crippen LogP contribution in [0.15, 0.2) is 42.6 Å². The summed E-state index contributed by atoms with van der Waals surface area (Å²) in [5.41, 5.74) is 6.70. The smallest absolute Gasteiger partial charge is 0.254 e. The molecule has 2 aromatic rings. The van der Waals surface area contributed by atoms with E-state index < -0.39 is 6.10 Å². The summed E-state index contributed by atoms with van der Waals surface area (Å²) in [5.74, 6) is 0.541.